The van der Waals surface area contributed by atoms with Crippen molar-refractivity contribution in [1.29, 1.82) is 5.26 Å². The lowest BCUT2D eigenvalue weighted by Gasteiger charge is -2.30. The van der Waals surface area contributed by atoms with Gasteiger partial charge in [-0.15, -0.1) is 0 Å². The second-order valence-corrected chi connectivity index (χ2v) is 5.28. The summed E-state index contributed by atoms with van der Waals surface area (Å²) in [6.45, 7) is 3.05. The second kappa shape index (κ2) is 4.86. The molecule has 1 amide bonds. The fourth-order valence-electron chi connectivity index (χ4n) is 2.91. The Balaban J connectivity index is 1.94. The Labute approximate surface area is 97.4 Å². The molecular weight excluding hydrogens is 200 g/mol. The van der Waals surface area contributed by atoms with Crippen LogP contribution in [0.15, 0.2) is 0 Å². The van der Waals surface area contributed by atoms with Gasteiger partial charge in [0.05, 0.1) is 6.07 Å². The Kier molecular flexibility index (Phi) is 3.48. The van der Waals surface area contributed by atoms with Gasteiger partial charge in [0.1, 0.15) is 6.04 Å². The molecule has 0 spiro atoms. The van der Waals surface area contributed by atoms with Gasteiger partial charge in [0.15, 0.2) is 0 Å². The van der Waals surface area contributed by atoms with Gasteiger partial charge >= 0.3 is 0 Å². The molecule has 0 N–H and O–H groups in total. The summed E-state index contributed by atoms with van der Waals surface area (Å²) in [6.07, 6.45) is 6.24. The highest BCUT2D eigenvalue weighted by Gasteiger charge is 2.34. The van der Waals surface area contributed by atoms with Crippen LogP contribution in [0.25, 0.3) is 0 Å². The summed E-state index contributed by atoms with van der Waals surface area (Å²) in [5.74, 6) is 1.22. The van der Waals surface area contributed by atoms with Gasteiger partial charge in [0, 0.05) is 12.5 Å². The van der Waals surface area contributed by atoms with E-state index in [2.05, 4.69) is 13.0 Å². The molecule has 1 saturated heterocycles. The normalized spacial score (nSPS) is 34.8. The van der Waals surface area contributed by atoms with Gasteiger partial charge in [-0.3, -0.25) is 4.79 Å². The van der Waals surface area contributed by atoms with Gasteiger partial charge in [-0.25, -0.2) is 0 Å². The standard InChI is InChI=1S/C13H20N2O/c1-10-4-6-11(7-5-10)13(16)15-8-2-3-12(15)9-14/h10-12H,2-8H2,1H3. The molecule has 3 heteroatoms. The molecule has 1 heterocycles. The van der Waals surface area contributed by atoms with Crippen molar-refractivity contribution in [2.45, 2.75) is 51.5 Å². The van der Waals surface area contributed by atoms with E-state index in [1.54, 1.807) is 0 Å². The van der Waals surface area contributed by atoms with Crippen molar-refractivity contribution in [3.63, 3.8) is 0 Å². The molecule has 2 rings (SSSR count). The summed E-state index contributed by atoms with van der Waals surface area (Å²) >= 11 is 0. The third-order valence-corrected chi connectivity index (χ3v) is 4.05. The van der Waals surface area contributed by atoms with Crippen LogP contribution in [0, 0.1) is 23.2 Å². The summed E-state index contributed by atoms with van der Waals surface area (Å²) < 4.78 is 0. The summed E-state index contributed by atoms with van der Waals surface area (Å²) in [4.78, 5) is 14.1. The molecule has 1 saturated carbocycles. The first-order chi connectivity index (χ1) is 7.72. The molecule has 88 valence electrons. The highest BCUT2D eigenvalue weighted by Crippen LogP contribution is 2.31. The number of amides is 1. The molecule has 0 bridgehead atoms. The highest BCUT2D eigenvalue weighted by atomic mass is 16.2. The molecule has 16 heavy (non-hydrogen) atoms. The molecule has 1 aliphatic carbocycles. The molecule has 0 aromatic heterocycles. The van der Waals surface area contributed by atoms with E-state index in [-0.39, 0.29) is 17.9 Å². The molecule has 0 radical (unpaired) electrons. The fourth-order valence-corrected chi connectivity index (χ4v) is 2.91. The van der Waals surface area contributed by atoms with Crippen molar-refractivity contribution in [2.24, 2.45) is 11.8 Å². The maximum absolute atomic E-state index is 12.3. The Morgan fingerprint density at radius 3 is 2.56 bits per heavy atom. The van der Waals surface area contributed by atoms with Crippen molar-refractivity contribution in [3.05, 3.63) is 0 Å². The van der Waals surface area contributed by atoms with Crippen LogP contribution in [0.5, 0.6) is 0 Å². The average Bonchev–Trinajstić information content (AvgIpc) is 2.77. The Bertz CT molecular complexity index is 300. The smallest absolute Gasteiger partial charge is 0.226 e. The van der Waals surface area contributed by atoms with Crippen LogP contribution >= 0.6 is 0 Å². The van der Waals surface area contributed by atoms with Gasteiger partial charge in [0.25, 0.3) is 0 Å². The zero-order valence-electron chi connectivity index (χ0n) is 9.98. The number of nitriles is 1. The number of rotatable bonds is 1. The Morgan fingerprint density at radius 1 is 1.25 bits per heavy atom. The average molecular weight is 220 g/mol. The number of carbonyl (C=O) groups is 1. The van der Waals surface area contributed by atoms with Crippen LogP contribution in [0.3, 0.4) is 0 Å². The van der Waals surface area contributed by atoms with Crippen LogP contribution in [0.4, 0.5) is 0 Å². The third-order valence-electron chi connectivity index (χ3n) is 4.05. The highest BCUT2D eigenvalue weighted by molar-refractivity contribution is 5.79. The molecule has 2 aliphatic rings. The third kappa shape index (κ3) is 2.21. The molecule has 1 atom stereocenters. The van der Waals surface area contributed by atoms with Crippen molar-refractivity contribution in [1.82, 2.24) is 4.90 Å². The molecular formula is C13H20N2O. The maximum Gasteiger partial charge on any atom is 0.226 e. The summed E-state index contributed by atoms with van der Waals surface area (Å²) in [5.41, 5.74) is 0. The lowest BCUT2D eigenvalue weighted by Crippen LogP contribution is -2.40. The monoisotopic (exact) mass is 220 g/mol. The van der Waals surface area contributed by atoms with E-state index in [0.717, 1.165) is 38.1 Å². The Morgan fingerprint density at radius 2 is 1.94 bits per heavy atom. The van der Waals surface area contributed by atoms with E-state index in [0.29, 0.717) is 0 Å². The molecule has 2 fully saturated rings. The predicted octanol–water partition coefficient (Wildman–Crippen LogP) is 2.33. The van der Waals surface area contributed by atoms with Gasteiger partial charge < -0.3 is 4.90 Å². The van der Waals surface area contributed by atoms with E-state index in [1.807, 2.05) is 4.90 Å². The lowest BCUT2D eigenvalue weighted by atomic mass is 9.82. The summed E-state index contributed by atoms with van der Waals surface area (Å²) in [5, 5.41) is 8.98. The minimum absolute atomic E-state index is 0.146. The molecule has 1 aliphatic heterocycles. The molecule has 1 unspecified atom stereocenters. The summed E-state index contributed by atoms with van der Waals surface area (Å²) in [7, 11) is 0. The van der Waals surface area contributed by atoms with E-state index < -0.39 is 0 Å². The topological polar surface area (TPSA) is 44.1 Å². The quantitative estimate of drug-likeness (QED) is 0.680. The van der Waals surface area contributed by atoms with E-state index >= 15 is 0 Å². The van der Waals surface area contributed by atoms with Crippen LogP contribution in [-0.2, 0) is 4.79 Å². The van der Waals surface area contributed by atoms with Gasteiger partial charge in [-0.2, -0.15) is 5.26 Å². The second-order valence-electron chi connectivity index (χ2n) is 5.28. The van der Waals surface area contributed by atoms with E-state index in [1.165, 1.54) is 12.8 Å². The SMILES string of the molecule is CC1CCC(C(=O)N2CCCC2C#N)CC1. The Hall–Kier alpha value is -1.04. The van der Waals surface area contributed by atoms with Crippen LogP contribution in [0.2, 0.25) is 0 Å². The zero-order chi connectivity index (χ0) is 11.5. The van der Waals surface area contributed by atoms with E-state index in [4.69, 9.17) is 5.26 Å². The minimum atomic E-state index is -0.146. The minimum Gasteiger partial charge on any atom is -0.326 e. The van der Waals surface area contributed by atoms with Gasteiger partial charge in [-0.1, -0.05) is 6.92 Å². The molecule has 0 aromatic rings. The van der Waals surface area contributed by atoms with Crippen molar-refractivity contribution < 1.29 is 4.79 Å². The van der Waals surface area contributed by atoms with Crippen LogP contribution in [0.1, 0.15) is 45.4 Å². The van der Waals surface area contributed by atoms with Crippen molar-refractivity contribution in [3.8, 4) is 6.07 Å². The fraction of sp³-hybridized carbons (Fsp3) is 0.846. The van der Waals surface area contributed by atoms with E-state index in [9.17, 15) is 4.79 Å². The molecule has 0 aromatic carbocycles. The lowest BCUT2D eigenvalue weighted by molar-refractivity contribution is -0.136. The number of nitrogens with zero attached hydrogens (tertiary/aromatic N) is 2. The van der Waals surface area contributed by atoms with Gasteiger partial charge in [-0.05, 0) is 44.4 Å². The number of carbonyl (C=O) groups excluding carboxylic acids is 1. The predicted molar refractivity (Wildman–Crippen MR) is 61.5 cm³/mol. The van der Waals surface area contributed by atoms with Crippen LogP contribution in [-0.4, -0.2) is 23.4 Å². The van der Waals surface area contributed by atoms with Crippen LogP contribution < -0.4 is 0 Å². The largest absolute Gasteiger partial charge is 0.326 e. The first-order valence-corrected chi connectivity index (χ1v) is 6.42. The number of hydrogen-bond donors (Lipinski definition) is 0. The zero-order valence-corrected chi connectivity index (χ0v) is 9.98. The maximum atomic E-state index is 12.3. The molecule has 3 nitrogen and oxygen atoms in total. The number of hydrogen-bond acceptors (Lipinski definition) is 2. The van der Waals surface area contributed by atoms with Crippen molar-refractivity contribution in [2.75, 3.05) is 6.54 Å². The summed E-state index contributed by atoms with van der Waals surface area (Å²) in [6, 6.07) is 2.10. The van der Waals surface area contributed by atoms with Gasteiger partial charge in [0.2, 0.25) is 5.91 Å². The first kappa shape index (κ1) is 11.4. The van der Waals surface area contributed by atoms with Crippen molar-refractivity contribution >= 4 is 5.91 Å². The number of likely N-dealkylation sites (tertiary alicyclic amines) is 1. The first-order valence-electron chi connectivity index (χ1n) is 6.42.